The summed E-state index contributed by atoms with van der Waals surface area (Å²) < 4.78 is 0. The van der Waals surface area contributed by atoms with Gasteiger partial charge >= 0.3 is 0 Å². The van der Waals surface area contributed by atoms with Crippen LogP contribution >= 0.6 is 0 Å². The number of benzene rings is 1. The maximum atomic E-state index is 11.9. The van der Waals surface area contributed by atoms with Crippen molar-refractivity contribution in [3.63, 3.8) is 0 Å². The van der Waals surface area contributed by atoms with E-state index in [0.717, 1.165) is 5.56 Å². The van der Waals surface area contributed by atoms with E-state index in [4.69, 9.17) is 0 Å². The van der Waals surface area contributed by atoms with Crippen molar-refractivity contribution in [1.82, 2.24) is 10.6 Å². The van der Waals surface area contributed by atoms with Crippen molar-refractivity contribution in [2.75, 3.05) is 0 Å². The zero-order valence-electron chi connectivity index (χ0n) is 10.9. The molecule has 1 rings (SSSR count). The number of amides is 2. The highest BCUT2D eigenvalue weighted by molar-refractivity contribution is 5.87. The van der Waals surface area contributed by atoms with Crippen molar-refractivity contribution in [1.29, 1.82) is 0 Å². The summed E-state index contributed by atoms with van der Waals surface area (Å²) in [5.41, 5.74) is 1.04. The standard InChI is InChI=1S/C14H20N2O2/c1-3-12(16-13(17)4-2)14(18)15-10-11-8-6-5-7-9-11/h5-9,12H,3-4,10H2,1-2H3,(H,15,18)(H,16,17)/t12-/m1/s1. The summed E-state index contributed by atoms with van der Waals surface area (Å²) in [5, 5.41) is 5.53. The zero-order valence-corrected chi connectivity index (χ0v) is 10.9. The van der Waals surface area contributed by atoms with Crippen LogP contribution in [0, 0.1) is 0 Å². The Morgan fingerprint density at radius 2 is 1.83 bits per heavy atom. The highest BCUT2D eigenvalue weighted by atomic mass is 16.2. The lowest BCUT2D eigenvalue weighted by atomic mass is 10.2. The average Bonchev–Trinajstić information content (AvgIpc) is 2.42. The van der Waals surface area contributed by atoms with E-state index in [2.05, 4.69) is 10.6 Å². The summed E-state index contributed by atoms with van der Waals surface area (Å²) in [5.74, 6) is -0.236. The monoisotopic (exact) mass is 248 g/mol. The van der Waals surface area contributed by atoms with E-state index in [1.165, 1.54) is 0 Å². The lowest BCUT2D eigenvalue weighted by Crippen LogP contribution is -2.45. The third-order valence-corrected chi connectivity index (χ3v) is 2.69. The third kappa shape index (κ3) is 4.57. The molecule has 0 unspecified atom stereocenters. The van der Waals surface area contributed by atoms with Gasteiger partial charge in [-0.1, -0.05) is 44.2 Å². The van der Waals surface area contributed by atoms with E-state index in [-0.39, 0.29) is 11.8 Å². The smallest absolute Gasteiger partial charge is 0.242 e. The summed E-state index contributed by atoms with van der Waals surface area (Å²) in [6.45, 7) is 4.13. The van der Waals surface area contributed by atoms with Gasteiger partial charge in [0.05, 0.1) is 0 Å². The van der Waals surface area contributed by atoms with Gasteiger partial charge in [-0.3, -0.25) is 9.59 Å². The van der Waals surface area contributed by atoms with Gasteiger partial charge in [0.2, 0.25) is 11.8 Å². The number of carbonyl (C=O) groups excluding carboxylic acids is 2. The van der Waals surface area contributed by atoms with Gasteiger partial charge in [0.15, 0.2) is 0 Å². The second-order valence-corrected chi connectivity index (χ2v) is 4.09. The first-order valence-corrected chi connectivity index (χ1v) is 6.28. The van der Waals surface area contributed by atoms with E-state index in [1.807, 2.05) is 37.3 Å². The highest BCUT2D eigenvalue weighted by Crippen LogP contribution is 1.99. The van der Waals surface area contributed by atoms with Crippen LogP contribution in [0.5, 0.6) is 0 Å². The van der Waals surface area contributed by atoms with Gasteiger partial charge < -0.3 is 10.6 Å². The molecule has 0 aliphatic rings. The predicted octanol–water partition coefficient (Wildman–Crippen LogP) is 1.61. The highest BCUT2D eigenvalue weighted by Gasteiger charge is 2.17. The molecule has 1 atom stereocenters. The van der Waals surface area contributed by atoms with Gasteiger partial charge in [-0.05, 0) is 12.0 Å². The number of rotatable bonds is 6. The van der Waals surface area contributed by atoms with Gasteiger partial charge in [0, 0.05) is 13.0 Å². The van der Waals surface area contributed by atoms with Gasteiger partial charge in [-0.15, -0.1) is 0 Å². The van der Waals surface area contributed by atoms with Crippen LogP contribution in [0.2, 0.25) is 0 Å². The van der Waals surface area contributed by atoms with E-state index >= 15 is 0 Å². The Morgan fingerprint density at radius 1 is 1.17 bits per heavy atom. The third-order valence-electron chi connectivity index (χ3n) is 2.69. The Bertz CT molecular complexity index is 390. The Hall–Kier alpha value is -1.84. The fraction of sp³-hybridized carbons (Fsp3) is 0.429. The van der Waals surface area contributed by atoms with Crippen LogP contribution in [0.15, 0.2) is 30.3 Å². The second kappa shape index (κ2) is 7.48. The molecular formula is C14H20N2O2. The quantitative estimate of drug-likeness (QED) is 0.803. The number of carbonyl (C=O) groups is 2. The average molecular weight is 248 g/mol. The summed E-state index contributed by atoms with van der Waals surface area (Å²) in [6, 6.07) is 9.25. The van der Waals surface area contributed by atoms with Crippen molar-refractivity contribution in [2.24, 2.45) is 0 Å². The minimum Gasteiger partial charge on any atom is -0.350 e. The lowest BCUT2D eigenvalue weighted by molar-refractivity contribution is -0.129. The number of hydrogen-bond donors (Lipinski definition) is 2. The molecule has 0 bridgehead atoms. The first kappa shape index (κ1) is 14.2. The number of hydrogen-bond acceptors (Lipinski definition) is 2. The van der Waals surface area contributed by atoms with Crippen LogP contribution in [-0.4, -0.2) is 17.9 Å². The Kier molecular flexibility index (Phi) is 5.91. The lowest BCUT2D eigenvalue weighted by Gasteiger charge is -2.16. The first-order valence-electron chi connectivity index (χ1n) is 6.28. The largest absolute Gasteiger partial charge is 0.350 e. The topological polar surface area (TPSA) is 58.2 Å². The second-order valence-electron chi connectivity index (χ2n) is 4.09. The zero-order chi connectivity index (χ0) is 13.4. The number of nitrogens with one attached hydrogen (secondary N) is 2. The van der Waals surface area contributed by atoms with Crippen molar-refractivity contribution in [3.8, 4) is 0 Å². The molecule has 0 aliphatic carbocycles. The molecule has 4 nitrogen and oxygen atoms in total. The molecule has 18 heavy (non-hydrogen) atoms. The van der Waals surface area contributed by atoms with Crippen molar-refractivity contribution in [2.45, 2.75) is 39.3 Å². The maximum Gasteiger partial charge on any atom is 0.242 e. The first-order chi connectivity index (χ1) is 8.67. The minimum absolute atomic E-state index is 0.100. The van der Waals surface area contributed by atoms with Gasteiger partial charge in [-0.2, -0.15) is 0 Å². The van der Waals surface area contributed by atoms with E-state index in [9.17, 15) is 9.59 Å². The molecule has 0 aromatic heterocycles. The van der Waals surface area contributed by atoms with Crippen LogP contribution in [0.3, 0.4) is 0 Å². The Morgan fingerprint density at radius 3 is 2.39 bits per heavy atom. The minimum atomic E-state index is -0.443. The Labute approximate surface area is 108 Å². The molecule has 4 heteroatoms. The normalized spacial score (nSPS) is 11.7. The van der Waals surface area contributed by atoms with Crippen molar-refractivity contribution >= 4 is 11.8 Å². The van der Waals surface area contributed by atoms with Crippen LogP contribution in [0.4, 0.5) is 0 Å². The summed E-state index contributed by atoms with van der Waals surface area (Å²) >= 11 is 0. The van der Waals surface area contributed by atoms with Gasteiger partial charge in [0.25, 0.3) is 0 Å². The fourth-order valence-corrected chi connectivity index (χ4v) is 1.56. The predicted molar refractivity (Wildman–Crippen MR) is 70.8 cm³/mol. The van der Waals surface area contributed by atoms with E-state index in [1.54, 1.807) is 6.92 Å². The molecule has 98 valence electrons. The molecule has 0 heterocycles. The molecule has 0 saturated heterocycles. The van der Waals surface area contributed by atoms with E-state index < -0.39 is 6.04 Å². The molecule has 0 aliphatic heterocycles. The summed E-state index contributed by atoms with van der Waals surface area (Å²) in [7, 11) is 0. The summed E-state index contributed by atoms with van der Waals surface area (Å²) in [6.07, 6.45) is 0.981. The summed E-state index contributed by atoms with van der Waals surface area (Å²) in [4.78, 5) is 23.1. The maximum absolute atomic E-state index is 11.9. The van der Waals surface area contributed by atoms with Gasteiger partial charge in [-0.25, -0.2) is 0 Å². The van der Waals surface area contributed by atoms with Crippen LogP contribution in [0.1, 0.15) is 32.3 Å². The SMILES string of the molecule is CCC(=O)N[C@H](CC)C(=O)NCc1ccccc1. The van der Waals surface area contributed by atoms with Gasteiger partial charge in [0.1, 0.15) is 6.04 Å². The van der Waals surface area contributed by atoms with Crippen LogP contribution in [-0.2, 0) is 16.1 Å². The molecule has 0 spiro atoms. The molecule has 2 amide bonds. The molecule has 0 fully saturated rings. The Balaban J connectivity index is 2.45. The molecule has 2 N–H and O–H groups in total. The van der Waals surface area contributed by atoms with Crippen molar-refractivity contribution in [3.05, 3.63) is 35.9 Å². The van der Waals surface area contributed by atoms with Crippen molar-refractivity contribution < 1.29 is 9.59 Å². The van der Waals surface area contributed by atoms with Crippen LogP contribution in [0.25, 0.3) is 0 Å². The molecular weight excluding hydrogens is 228 g/mol. The molecule has 0 saturated carbocycles. The molecule has 1 aromatic rings. The van der Waals surface area contributed by atoms with E-state index in [0.29, 0.717) is 19.4 Å². The molecule has 0 radical (unpaired) electrons. The molecule has 1 aromatic carbocycles. The van der Waals surface area contributed by atoms with Crippen LogP contribution < -0.4 is 10.6 Å². The fourth-order valence-electron chi connectivity index (χ4n) is 1.56.